The highest BCUT2D eigenvalue weighted by atomic mass is 35.5. The number of hydrogen-bond donors (Lipinski definition) is 0. The molecule has 1 fully saturated rings. The summed E-state index contributed by atoms with van der Waals surface area (Å²) in [4.78, 5) is 21.9. The minimum atomic E-state index is -4.39. The standard InChI is InChI=1S/C27H21ClF3N3O/c28-23-10-3-1-9-21(23)25-17-22(20-8-2-4-11-24(20)32-25)26(35)34-14-12-33(13-15-34)19-7-5-6-18(16-19)27(29,30)31/h1-11,16-17H,12-15H2. The maximum absolute atomic E-state index is 13.6. The van der Waals surface area contributed by atoms with Crippen molar-refractivity contribution in [2.45, 2.75) is 6.18 Å². The number of rotatable bonds is 3. The van der Waals surface area contributed by atoms with Gasteiger partial charge in [0.25, 0.3) is 5.91 Å². The van der Waals surface area contributed by atoms with Crippen molar-refractivity contribution >= 4 is 34.1 Å². The number of amides is 1. The number of fused-ring (bicyclic) bond motifs is 1. The molecule has 0 atom stereocenters. The van der Waals surface area contributed by atoms with Gasteiger partial charge in [0.2, 0.25) is 0 Å². The molecule has 1 amide bonds. The molecule has 35 heavy (non-hydrogen) atoms. The Hall–Kier alpha value is -3.58. The van der Waals surface area contributed by atoms with Gasteiger partial charge in [-0.05, 0) is 36.4 Å². The Morgan fingerprint density at radius 3 is 2.31 bits per heavy atom. The number of hydrogen-bond acceptors (Lipinski definition) is 3. The van der Waals surface area contributed by atoms with Crippen molar-refractivity contribution in [1.82, 2.24) is 9.88 Å². The van der Waals surface area contributed by atoms with Gasteiger partial charge in [-0.15, -0.1) is 0 Å². The number of nitrogens with zero attached hydrogens (tertiary/aromatic N) is 3. The third-order valence-corrected chi connectivity index (χ3v) is 6.53. The van der Waals surface area contributed by atoms with Crippen LogP contribution in [0.15, 0.2) is 78.9 Å². The monoisotopic (exact) mass is 495 g/mol. The zero-order valence-corrected chi connectivity index (χ0v) is 19.4. The molecule has 0 aliphatic carbocycles. The summed E-state index contributed by atoms with van der Waals surface area (Å²) < 4.78 is 39.3. The molecule has 0 unspecified atom stereocenters. The van der Waals surface area contributed by atoms with Gasteiger partial charge in [-0.2, -0.15) is 13.2 Å². The lowest BCUT2D eigenvalue weighted by Crippen LogP contribution is -2.48. The molecule has 4 nitrogen and oxygen atoms in total. The molecular weight excluding hydrogens is 475 g/mol. The Morgan fingerprint density at radius 1 is 0.857 bits per heavy atom. The summed E-state index contributed by atoms with van der Waals surface area (Å²) in [6, 6.07) is 21.9. The summed E-state index contributed by atoms with van der Waals surface area (Å²) in [6.45, 7) is 1.67. The predicted octanol–water partition coefficient (Wildman–Crippen LogP) is 6.54. The van der Waals surface area contributed by atoms with E-state index in [1.165, 1.54) is 6.07 Å². The molecule has 0 N–H and O–H groups in total. The van der Waals surface area contributed by atoms with Crippen molar-refractivity contribution in [2.24, 2.45) is 0 Å². The lowest BCUT2D eigenvalue weighted by molar-refractivity contribution is -0.137. The number of carbonyl (C=O) groups excluding carboxylic acids is 1. The Kier molecular flexibility index (Phi) is 6.11. The summed E-state index contributed by atoms with van der Waals surface area (Å²) in [7, 11) is 0. The van der Waals surface area contributed by atoms with Crippen molar-refractivity contribution in [3.8, 4) is 11.3 Å². The van der Waals surface area contributed by atoms with Gasteiger partial charge in [0.1, 0.15) is 0 Å². The molecule has 1 aromatic heterocycles. The van der Waals surface area contributed by atoms with Crippen molar-refractivity contribution in [1.29, 1.82) is 0 Å². The van der Waals surface area contributed by atoms with Gasteiger partial charge in [0.15, 0.2) is 0 Å². The number of carbonyl (C=O) groups is 1. The lowest BCUT2D eigenvalue weighted by atomic mass is 10.0. The summed E-state index contributed by atoms with van der Waals surface area (Å²) in [5, 5.41) is 1.29. The first-order chi connectivity index (χ1) is 16.8. The van der Waals surface area contributed by atoms with Crippen LogP contribution < -0.4 is 4.90 Å². The Bertz CT molecular complexity index is 1400. The summed E-state index contributed by atoms with van der Waals surface area (Å²) in [6.07, 6.45) is -4.39. The van der Waals surface area contributed by atoms with Crippen LogP contribution in [0, 0.1) is 0 Å². The first kappa shape index (κ1) is 23.2. The van der Waals surface area contributed by atoms with Crippen LogP contribution >= 0.6 is 11.6 Å². The molecule has 1 saturated heterocycles. The maximum Gasteiger partial charge on any atom is 0.416 e. The van der Waals surface area contributed by atoms with E-state index in [0.717, 1.165) is 23.1 Å². The topological polar surface area (TPSA) is 36.4 Å². The normalized spacial score (nSPS) is 14.4. The molecule has 3 aromatic carbocycles. The van der Waals surface area contributed by atoms with Gasteiger partial charge in [0, 0.05) is 47.8 Å². The molecule has 1 aliphatic heterocycles. The van der Waals surface area contributed by atoms with Crippen LogP contribution in [0.3, 0.4) is 0 Å². The minimum Gasteiger partial charge on any atom is -0.368 e. The summed E-state index contributed by atoms with van der Waals surface area (Å²) >= 11 is 6.39. The lowest BCUT2D eigenvalue weighted by Gasteiger charge is -2.36. The Morgan fingerprint density at radius 2 is 1.57 bits per heavy atom. The highest BCUT2D eigenvalue weighted by Crippen LogP contribution is 2.33. The van der Waals surface area contributed by atoms with Crippen molar-refractivity contribution in [3.05, 3.63) is 95.0 Å². The van der Waals surface area contributed by atoms with E-state index in [0.29, 0.717) is 53.7 Å². The highest BCUT2D eigenvalue weighted by molar-refractivity contribution is 6.33. The smallest absolute Gasteiger partial charge is 0.368 e. The van der Waals surface area contributed by atoms with Crippen LogP contribution in [0.4, 0.5) is 18.9 Å². The third-order valence-electron chi connectivity index (χ3n) is 6.20. The van der Waals surface area contributed by atoms with E-state index >= 15 is 0 Å². The van der Waals surface area contributed by atoms with E-state index in [4.69, 9.17) is 16.6 Å². The predicted molar refractivity (Wildman–Crippen MR) is 132 cm³/mol. The van der Waals surface area contributed by atoms with E-state index in [1.54, 1.807) is 23.1 Å². The molecule has 0 bridgehead atoms. The van der Waals surface area contributed by atoms with Gasteiger partial charge in [-0.1, -0.05) is 54.1 Å². The molecule has 0 spiro atoms. The number of anilines is 1. The van der Waals surface area contributed by atoms with Crippen molar-refractivity contribution in [2.75, 3.05) is 31.1 Å². The van der Waals surface area contributed by atoms with Crippen LogP contribution in [0.2, 0.25) is 5.02 Å². The van der Waals surface area contributed by atoms with Crippen LogP contribution in [-0.2, 0) is 6.18 Å². The summed E-state index contributed by atoms with van der Waals surface area (Å²) in [5.74, 6) is -0.138. The fourth-order valence-corrected chi connectivity index (χ4v) is 4.61. The fourth-order valence-electron chi connectivity index (χ4n) is 4.38. The van der Waals surface area contributed by atoms with Gasteiger partial charge < -0.3 is 9.80 Å². The molecule has 5 rings (SSSR count). The van der Waals surface area contributed by atoms with Crippen LogP contribution in [0.1, 0.15) is 15.9 Å². The fraction of sp³-hybridized carbons (Fsp3) is 0.185. The number of aromatic nitrogens is 1. The molecule has 0 radical (unpaired) electrons. The third kappa shape index (κ3) is 4.68. The number of benzene rings is 3. The summed E-state index contributed by atoms with van der Waals surface area (Å²) in [5.41, 5.74) is 2.39. The number of para-hydroxylation sites is 1. The average molecular weight is 496 g/mol. The van der Waals surface area contributed by atoms with E-state index in [1.807, 2.05) is 47.4 Å². The first-order valence-electron chi connectivity index (χ1n) is 11.2. The van der Waals surface area contributed by atoms with E-state index in [2.05, 4.69) is 0 Å². The second-order valence-electron chi connectivity index (χ2n) is 8.38. The molecule has 1 aliphatic rings. The van der Waals surface area contributed by atoms with Crippen LogP contribution in [0.25, 0.3) is 22.2 Å². The molecule has 178 valence electrons. The van der Waals surface area contributed by atoms with Crippen molar-refractivity contribution in [3.63, 3.8) is 0 Å². The number of piperazine rings is 1. The molecule has 4 aromatic rings. The highest BCUT2D eigenvalue weighted by Gasteiger charge is 2.31. The quantitative estimate of drug-likeness (QED) is 0.324. The first-order valence-corrected chi connectivity index (χ1v) is 11.6. The largest absolute Gasteiger partial charge is 0.416 e. The van der Waals surface area contributed by atoms with Gasteiger partial charge in [0.05, 0.1) is 22.3 Å². The average Bonchev–Trinajstić information content (AvgIpc) is 2.87. The minimum absolute atomic E-state index is 0.138. The molecule has 8 heteroatoms. The van der Waals surface area contributed by atoms with E-state index in [9.17, 15) is 18.0 Å². The number of halogens is 4. The Balaban J connectivity index is 1.41. The second-order valence-corrected chi connectivity index (χ2v) is 8.79. The van der Waals surface area contributed by atoms with Crippen LogP contribution in [0.5, 0.6) is 0 Å². The molecule has 0 saturated carbocycles. The van der Waals surface area contributed by atoms with Crippen LogP contribution in [-0.4, -0.2) is 42.0 Å². The SMILES string of the molecule is O=C(c1cc(-c2ccccc2Cl)nc2ccccc12)N1CCN(c2cccc(C(F)(F)F)c2)CC1. The van der Waals surface area contributed by atoms with Gasteiger partial charge in [-0.25, -0.2) is 4.98 Å². The molecule has 2 heterocycles. The zero-order valence-electron chi connectivity index (χ0n) is 18.6. The van der Waals surface area contributed by atoms with E-state index < -0.39 is 11.7 Å². The zero-order chi connectivity index (χ0) is 24.6. The van der Waals surface area contributed by atoms with E-state index in [-0.39, 0.29) is 5.91 Å². The Labute approximate surface area is 205 Å². The number of pyridine rings is 1. The van der Waals surface area contributed by atoms with Crippen molar-refractivity contribution < 1.29 is 18.0 Å². The number of alkyl halides is 3. The second kappa shape index (κ2) is 9.23. The van der Waals surface area contributed by atoms with Gasteiger partial charge in [-0.3, -0.25) is 4.79 Å². The maximum atomic E-state index is 13.6. The molecular formula is C27H21ClF3N3O. The van der Waals surface area contributed by atoms with Gasteiger partial charge >= 0.3 is 6.18 Å².